The standard InChI is InChI=1S/C26H16ClF2N5O2/c27-19-6-3-16(10-20(19)28)32-26(35)34-22-7-4-17(11-21(22)29)36-18-5-8-23-24(12-18)33-25(14-31-23)15-2-1-9-30-13-15/h1-14H,(H2,32,34,35). The number of pyridine rings is 1. The van der Waals surface area contributed by atoms with Crippen molar-refractivity contribution >= 4 is 40.0 Å². The number of nitrogens with zero attached hydrogens (tertiary/aromatic N) is 3. The van der Waals surface area contributed by atoms with Crippen molar-refractivity contribution in [2.24, 2.45) is 0 Å². The lowest BCUT2D eigenvalue weighted by Gasteiger charge is -2.11. The monoisotopic (exact) mass is 503 g/mol. The van der Waals surface area contributed by atoms with Gasteiger partial charge in [0.1, 0.15) is 23.1 Å². The summed E-state index contributed by atoms with van der Waals surface area (Å²) in [5.41, 5.74) is 2.85. The number of urea groups is 1. The second kappa shape index (κ2) is 9.93. The number of hydrogen-bond donors (Lipinski definition) is 2. The second-order valence-electron chi connectivity index (χ2n) is 7.60. The number of anilines is 2. The van der Waals surface area contributed by atoms with Gasteiger partial charge in [0.15, 0.2) is 0 Å². The molecule has 2 aromatic heterocycles. The van der Waals surface area contributed by atoms with Gasteiger partial charge in [0.25, 0.3) is 0 Å². The molecule has 5 aromatic rings. The number of ether oxygens (including phenoxy) is 1. The largest absolute Gasteiger partial charge is 0.457 e. The zero-order valence-corrected chi connectivity index (χ0v) is 19.1. The number of hydrogen-bond acceptors (Lipinski definition) is 5. The average molecular weight is 504 g/mol. The van der Waals surface area contributed by atoms with E-state index in [4.69, 9.17) is 16.3 Å². The van der Waals surface area contributed by atoms with Crippen LogP contribution >= 0.6 is 11.6 Å². The van der Waals surface area contributed by atoms with Gasteiger partial charge in [-0.25, -0.2) is 18.6 Å². The van der Waals surface area contributed by atoms with E-state index in [2.05, 4.69) is 25.6 Å². The van der Waals surface area contributed by atoms with Gasteiger partial charge in [-0.1, -0.05) is 11.6 Å². The van der Waals surface area contributed by atoms with E-state index in [9.17, 15) is 13.6 Å². The third kappa shape index (κ3) is 5.21. The SMILES string of the molecule is O=C(Nc1ccc(Cl)c(F)c1)Nc1ccc(Oc2ccc3ncc(-c4cccnc4)nc3c2)cc1F. The van der Waals surface area contributed by atoms with Crippen LogP contribution in [0.25, 0.3) is 22.3 Å². The normalized spacial score (nSPS) is 10.8. The highest BCUT2D eigenvalue weighted by Gasteiger charge is 2.11. The smallest absolute Gasteiger partial charge is 0.323 e. The summed E-state index contributed by atoms with van der Waals surface area (Å²) < 4.78 is 34.0. The van der Waals surface area contributed by atoms with Crippen LogP contribution in [-0.4, -0.2) is 21.0 Å². The summed E-state index contributed by atoms with van der Waals surface area (Å²) in [6.45, 7) is 0. The van der Waals surface area contributed by atoms with E-state index in [1.807, 2.05) is 12.1 Å². The Labute approximate surface area is 208 Å². The number of halogens is 3. The van der Waals surface area contributed by atoms with Gasteiger partial charge in [0, 0.05) is 35.8 Å². The summed E-state index contributed by atoms with van der Waals surface area (Å²) in [6, 6.07) is 15.9. The van der Waals surface area contributed by atoms with E-state index in [1.165, 1.54) is 24.3 Å². The zero-order valence-electron chi connectivity index (χ0n) is 18.4. The molecule has 178 valence electrons. The number of amides is 2. The summed E-state index contributed by atoms with van der Waals surface area (Å²) in [7, 11) is 0. The molecule has 7 nitrogen and oxygen atoms in total. The van der Waals surface area contributed by atoms with Gasteiger partial charge in [-0.15, -0.1) is 0 Å². The fourth-order valence-electron chi connectivity index (χ4n) is 3.36. The minimum atomic E-state index is -0.748. The molecule has 36 heavy (non-hydrogen) atoms. The van der Waals surface area contributed by atoms with Crippen molar-refractivity contribution in [3.8, 4) is 22.8 Å². The Morgan fingerprint density at radius 3 is 2.47 bits per heavy atom. The molecule has 0 bridgehead atoms. The molecule has 2 N–H and O–H groups in total. The van der Waals surface area contributed by atoms with Crippen LogP contribution in [0.4, 0.5) is 25.0 Å². The van der Waals surface area contributed by atoms with E-state index < -0.39 is 17.7 Å². The number of aromatic nitrogens is 3. The first-order valence-electron chi connectivity index (χ1n) is 10.6. The van der Waals surface area contributed by atoms with Crippen molar-refractivity contribution < 1.29 is 18.3 Å². The molecule has 0 saturated carbocycles. The van der Waals surface area contributed by atoms with E-state index in [0.29, 0.717) is 22.5 Å². The predicted octanol–water partition coefficient (Wildman–Crippen LogP) is 7.06. The Balaban J connectivity index is 1.29. The highest BCUT2D eigenvalue weighted by Crippen LogP contribution is 2.28. The Bertz CT molecular complexity index is 1580. The van der Waals surface area contributed by atoms with Crippen LogP contribution in [0, 0.1) is 11.6 Å². The quantitative estimate of drug-likeness (QED) is 0.268. The third-order valence-corrected chi connectivity index (χ3v) is 5.38. The third-order valence-electron chi connectivity index (χ3n) is 5.07. The molecule has 0 radical (unpaired) electrons. The fourth-order valence-corrected chi connectivity index (χ4v) is 3.48. The molecule has 0 unspecified atom stereocenters. The molecule has 2 amide bonds. The van der Waals surface area contributed by atoms with Crippen molar-refractivity contribution in [1.29, 1.82) is 0 Å². The molecule has 2 heterocycles. The minimum Gasteiger partial charge on any atom is -0.457 e. The highest BCUT2D eigenvalue weighted by molar-refractivity contribution is 6.30. The molecule has 0 saturated heterocycles. The van der Waals surface area contributed by atoms with Crippen LogP contribution in [0.1, 0.15) is 0 Å². The van der Waals surface area contributed by atoms with Crippen LogP contribution in [0.3, 0.4) is 0 Å². The molecule has 3 aromatic carbocycles. The summed E-state index contributed by atoms with van der Waals surface area (Å²) in [5, 5.41) is 4.71. The maximum Gasteiger partial charge on any atom is 0.323 e. The van der Waals surface area contributed by atoms with E-state index in [1.54, 1.807) is 36.8 Å². The van der Waals surface area contributed by atoms with Gasteiger partial charge < -0.3 is 15.4 Å². The lowest BCUT2D eigenvalue weighted by Crippen LogP contribution is -2.20. The van der Waals surface area contributed by atoms with Crippen molar-refractivity contribution in [3.05, 3.63) is 102 Å². The molecule has 10 heteroatoms. The number of rotatable bonds is 5. The molecular formula is C26H16ClF2N5O2. The van der Waals surface area contributed by atoms with Crippen molar-refractivity contribution in [2.75, 3.05) is 10.6 Å². The van der Waals surface area contributed by atoms with Crippen molar-refractivity contribution in [3.63, 3.8) is 0 Å². The van der Waals surface area contributed by atoms with Crippen LogP contribution in [0.2, 0.25) is 5.02 Å². The van der Waals surface area contributed by atoms with Gasteiger partial charge in [-0.05, 0) is 54.6 Å². The number of fused-ring (bicyclic) bond motifs is 1. The maximum atomic E-state index is 14.6. The molecule has 0 spiro atoms. The topological polar surface area (TPSA) is 89.0 Å². The number of nitrogens with one attached hydrogen (secondary N) is 2. The molecule has 0 aliphatic carbocycles. The van der Waals surface area contributed by atoms with E-state index >= 15 is 0 Å². The first-order valence-corrected chi connectivity index (χ1v) is 11.0. The van der Waals surface area contributed by atoms with Crippen molar-refractivity contribution in [2.45, 2.75) is 0 Å². The average Bonchev–Trinajstić information content (AvgIpc) is 2.88. The van der Waals surface area contributed by atoms with Gasteiger partial charge in [-0.2, -0.15) is 0 Å². The summed E-state index contributed by atoms with van der Waals surface area (Å²) in [4.78, 5) is 25.3. The van der Waals surface area contributed by atoms with Crippen LogP contribution in [0.15, 0.2) is 85.3 Å². The Hall–Kier alpha value is -4.63. The van der Waals surface area contributed by atoms with Crippen LogP contribution < -0.4 is 15.4 Å². The lowest BCUT2D eigenvalue weighted by atomic mass is 10.2. The lowest BCUT2D eigenvalue weighted by molar-refractivity contribution is 0.262. The van der Waals surface area contributed by atoms with Gasteiger partial charge in [0.05, 0.1) is 33.6 Å². The van der Waals surface area contributed by atoms with Gasteiger partial charge in [-0.3, -0.25) is 9.97 Å². The predicted molar refractivity (Wildman–Crippen MR) is 133 cm³/mol. The van der Waals surface area contributed by atoms with Gasteiger partial charge in [0.2, 0.25) is 0 Å². The molecule has 0 aliphatic rings. The Morgan fingerprint density at radius 1 is 0.861 bits per heavy atom. The zero-order chi connectivity index (χ0) is 25.1. The molecular weight excluding hydrogens is 488 g/mol. The summed E-state index contributed by atoms with van der Waals surface area (Å²) in [5.74, 6) is -0.754. The summed E-state index contributed by atoms with van der Waals surface area (Å²) >= 11 is 5.63. The Morgan fingerprint density at radius 2 is 1.69 bits per heavy atom. The number of carbonyl (C=O) groups excluding carboxylic acids is 1. The number of carbonyl (C=O) groups is 1. The highest BCUT2D eigenvalue weighted by atomic mass is 35.5. The molecule has 0 aliphatic heterocycles. The molecule has 0 atom stereocenters. The van der Waals surface area contributed by atoms with Gasteiger partial charge >= 0.3 is 6.03 Å². The summed E-state index contributed by atoms with van der Waals surface area (Å²) in [6.07, 6.45) is 5.04. The molecule has 5 rings (SSSR count). The van der Waals surface area contributed by atoms with E-state index in [0.717, 1.165) is 17.7 Å². The second-order valence-corrected chi connectivity index (χ2v) is 8.01. The first kappa shape index (κ1) is 23.1. The number of benzene rings is 3. The van der Waals surface area contributed by atoms with Crippen LogP contribution in [-0.2, 0) is 0 Å². The molecule has 0 fully saturated rings. The Kier molecular flexibility index (Phi) is 6.38. The fraction of sp³-hybridized carbons (Fsp3) is 0. The first-order chi connectivity index (χ1) is 17.4. The maximum absolute atomic E-state index is 14.6. The van der Waals surface area contributed by atoms with Crippen molar-refractivity contribution in [1.82, 2.24) is 15.0 Å². The van der Waals surface area contributed by atoms with Crippen LogP contribution in [0.5, 0.6) is 11.5 Å². The minimum absolute atomic E-state index is 0.0741. The van der Waals surface area contributed by atoms with E-state index in [-0.39, 0.29) is 22.1 Å².